The van der Waals surface area contributed by atoms with Crippen molar-refractivity contribution in [2.24, 2.45) is 0 Å². The number of aromatic nitrogens is 1. The molecule has 1 unspecified atom stereocenters. The summed E-state index contributed by atoms with van der Waals surface area (Å²) < 4.78 is 27.6. The van der Waals surface area contributed by atoms with Gasteiger partial charge in [0, 0.05) is 25.0 Å². The number of nitrogens with one attached hydrogen (secondary N) is 2. The molecule has 1 aromatic rings. The molecule has 0 bridgehead atoms. The molecule has 0 radical (unpaired) electrons. The zero-order chi connectivity index (χ0) is 15.9. The average molecular weight is 314 g/mol. The van der Waals surface area contributed by atoms with Gasteiger partial charge in [0.05, 0.1) is 5.69 Å². The van der Waals surface area contributed by atoms with Gasteiger partial charge in [0.25, 0.3) is 0 Å². The van der Waals surface area contributed by atoms with Gasteiger partial charge in [0.2, 0.25) is 10.0 Å². The first-order chi connectivity index (χ1) is 9.86. The van der Waals surface area contributed by atoms with Gasteiger partial charge in [-0.3, -0.25) is 4.98 Å². The Balaban J connectivity index is 2.82. The third kappa shape index (κ3) is 5.99. The number of hydrogen-bond donors (Lipinski definition) is 2. The molecule has 0 saturated carbocycles. The molecule has 1 atom stereocenters. The summed E-state index contributed by atoms with van der Waals surface area (Å²) in [5.41, 5.74) is 0.596. The van der Waals surface area contributed by atoms with Crippen molar-refractivity contribution < 1.29 is 8.42 Å². The van der Waals surface area contributed by atoms with Gasteiger partial charge in [0.15, 0.2) is 0 Å². The Morgan fingerprint density at radius 2 is 2.10 bits per heavy atom. The highest BCUT2D eigenvalue weighted by atomic mass is 32.2. The first kappa shape index (κ1) is 17.9. The van der Waals surface area contributed by atoms with Crippen LogP contribution in [-0.2, 0) is 10.0 Å². The zero-order valence-corrected chi connectivity index (χ0v) is 14.1. The van der Waals surface area contributed by atoms with Crippen LogP contribution in [0, 0.1) is 0 Å². The van der Waals surface area contributed by atoms with Gasteiger partial charge < -0.3 is 10.2 Å². The molecular weight excluding hydrogens is 288 g/mol. The van der Waals surface area contributed by atoms with E-state index in [9.17, 15) is 8.42 Å². The fourth-order valence-electron chi connectivity index (χ4n) is 1.84. The first-order valence-electron chi connectivity index (χ1n) is 7.21. The predicted octanol–water partition coefficient (Wildman–Crippen LogP) is 1.52. The lowest BCUT2D eigenvalue weighted by atomic mass is 10.2. The van der Waals surface area contributed by atoms with Gasteiger partial charge in [0.1, 0.15) is 4.90 Å². The van der Waals surface area contributed by atoms with Gasteiger partial charge in [-0.05, 0) is 46.5 Å². The zero-order valence-electron chi connectivity index (χ0n) is 13.3. The fourth-order valence-corrected chi connectivity index (χ4v) is 3.24. The van der Waals surface area contributed by atoms with Crippen molar-refractivity contribution in [1.29, 1.82) is 0 Å². The highest BCUT2D eigenvalue weighted by Gasteiger charge is 2.21. The molecule has 120 valence electrons. The van der Waals surface area contributed by atoms with E-state index in [1.807, 2.05) is 32.8 Å². The molecule has 0 aromatic carbocycles. The fraction of sp³-hybridized carbons (Fsp3) is 0.643. The van der Waals surface area contributed by atoms with Crippen molar-refractivity contribution in [3.63, 3.8) is 0 Å². The van der Waals surface area contributed by atoms with Gasteiger partial charge in [-0.1, -0.05) is 6.92 Å². The number of nitrogens with zero attached hydrogens (tertiary/aromatic N) is 2. The maximum absolute atomic E-state index is 12.5. The molecule has 1 heterocycles. The Kier molecular flexibility index (Phi) is 7.07. The molecule has 0 spiro atoms. The quantitative estimate of drug-likeness (QED) is 0.723. The average Bonchev–Trinajstić information content (AvgIpc) is 2.42. The van der Waals surface area contributed by atoms with E-state index in [0.717, 1.165) is 25.9 Å². The summed E-state index contributed by atoms with van der Waals surface area (Å²) in [6.07, 6.45) is 4.66. The maximum Gasteiger partial charge on any atom is 0.244 e. The van der Waals surface area contributed by atoms with Crippen LogP contribution in [0.1, 0.15) is 26.7 Å². The summed E-state index contributed by atoms with van der Waals surface area (Å²) in [7, 11) is 0.373. The Hall–Kier alpha value is -1.18. The SMILES string of the molecule is CCCNc1ccncc1S(=O)(=O)NC(C)CCN(C)C. The van der Waals surface area contributed by atoms with Gasteiger partial charge >= 0.3 is 0 Å². The Morgan fingerprint density at radius 3 is 2.71 bits per heavy atom. The third-order valence-electron chi connectivity index (χ3n) is 3.01. The van der Waals surface area contributed by atoms with Crippen molar-refractivity contribution in [3.05, 3.63) is 18.5 Å². The van der Waals surface area contributed by atoms with E-state index in [1.54, 1.807) is 12.3 Å². The van der Waals surface area contributed by atoms with Crippen molar-refractivity contribution in [1.82, 2.24) is 14.6 Å². The predicted molar refractivity (Wildman–Crippen MR) is 86.0 cm³/mol. The summed E-state index contributed by atoms with van der Waals surface area (Å²) >= 11 is 0. The van der Waals surface area contributed by atoms with Crippen LogP contribution in [0.5, 0.6) is 0 Å². The van der Waals surface area contributed by atoms with E-state index in [2.05, 4.69) is 15.0 Å². The minimum absolute atomic E-state index is 0.128. The number of rotatable bonds is 9. The molecule has 0 aliphatic rings. The van der Waals surface area contributed by atoms with Crippen LogP contribution in [0.15, 0.2) is 23.4 Å². The Bertz CT molecular complexity index is 532. The number of anilines is 1. The largest absolute Gasteiger partial charge is 0.384 e. The lowest BCUT2D eigenvalue weighted by molar-refractivity contribution is 0.379. The molecule has 6 nitrogen and oxygen atoms in total. The molecule has 1 rings (SSSR count). The first-order valence-corrected chi connectivity index (χ1v) is 8.70. The van der Waals surface area contributed by atoms with Crippen LogP contribution in [0.3, 0.4) is 0 Å². The van der Waals surface area contributed by atoms with Crippen molar-refractivity contribution in [2.45, 2.75) is 37.6 Å². The monoisotopic (exact) mass is 314 g/mol. The summed E-state index contributed by atoms with van der Waals surface area (Å²) in [6.45, 7) is 5.46. The van der Waals surface area contributed by atoms with Crippen molar-refractivity contribution in [2.75, 3.05) is 32.5 Å². The second kappa shape index (κ2) is 8.31. The van der Waals surface area contributed by atoms with E-state index < -0.39 is 10.0 Å². The van der Waals surface area contributed by atoms with Crippen LogP contribution in [0.2, 0.25) is 0 Å². The minimum Gasteiger partial charge on any atom is -0.384 e. The van der Waals surface area contributed by atoms with Gasteiger partial charge in [-0.25, -0.2) is 13.1 Å². The van der Waals surface area contributed by atoms with Crippen molar-refractivity contribution >= 4 is 15.7 Å². The lowest BCUT2D eigenvalue weighted by Gasteiger charge is -2.18. The second-order valence-electron chi connectivity index (χ2n) is 5.41. The molecule has 7 heteroatoms. The summed E-state index contributed by atoms with van der Waals surface area (Å²) in [5.74, 6) is 0. The molecular formula is C14H26N4O2S. The number of pyridine rings is 1. The Morgan fingerprint density at radius 1 is 1.38 bits per heavy atom. The highest BCUT2D eigenvalue weighted by molar-refractivity contribution is 7.89. The molecule has 21 heavy (non-hydrogen) atoms. The summed E-state index contributed by atoms with van der Waals surface area (Å²) in [5, 5.41) is 3.13. The molecule has 0 aliphatic heterocycles. The molecule has 0 fully saturated rings. The molecule has 1 aromatic heterocycles. The summed E-state index contributed by atoms with van der Waals surface area (Å²) in [6, 6.07) is 1.56. The van der Waals surface area contributed by atoms with Gasteiger partial charge in [-0.2, -0.15) is 0 Å². The van der Waals surface area contributed by atoms with E-state index in [1.165, 1.54) is 6.20 Å². The molecule has 0 amide bonds. The standard InChI is InChI=1S/C14H26N4O2S/c1-5-8-16-13-6-9-15-11-14(13)21(19,20)17-12(2)7-10-18(3)4/h6,9,11-12,17H,5,7-8,10H2,1-4H3,(H,15,16). The second-order valence-corrected chi connectivity index (χ2v) is 7.10. The minimum atomic E-state index is -3.56. The lowest BCUT2D eigenvalue weighted by Crippen LogP contribution is -2.35. The van der Waals surface area contributed by atoms with E-state index >= 15 is 0 Å². The van der Waals surface area contributed by atoms with E-state index in [-0.39, 0.29) is 10.9 Å². The molecule has 0 saturated heterocycles. The molecule has 0 aliphatic carbocycles. The van der Waals surface area contributed by atoms with Crippen LogP contribution < -0.4 is 10.0 Å². The van der Waals surface area contributed by atoms with Crippen LogP contribution in [0.4, 0.5) is 5.69 Å². The highest BCUT2D eigenvalue weighted by Crippen LogP contribution is 2.19. The number of sulfonamides is 1. The third-order valence-corrected chi connectivity index (χ3v) is 4.62. The maximum atomic E-state index is 12.5. The normalized spacial score (nSPS) is 13.4. The molecule has 2 N–H and O–H groups in total. The van der Waals surface area contributed by atoms with E-state index in [0.29, 0.717) is 5.69 Å². The summed E-state index contributed by atoms with van der Waals surface area (Å²) in [4.78, 5) is 6.17. The topological polar surface area (TPSA) is 74.3 Å². The smallest absolute Gasteiger partial charge is 0.244 e. The van der Waals surface area contributed by atoms with Crippen molar-refractivity contribution in [3.8, 4) is 0 Å². The Labute approximate surface area is 128 Å². The van der Waals surface area contributed by atoms with E-state index in [4.69, 9.17) is 0 Å². The van der Waals surface area contributed by atoms with Crippen LogP contribution >= 0.6 is 0 Å². The number of hydrogen-bond acceptors (Lipinski definition) is 5. The van der Waals surface area contributed by atoms with Crippen LogP contribution in [0.25, 0.3) is 0 Å². The van der Waals surface area contributed by atoms with Crippen LogP contribution in [-0.4, -0.2) is 51.5 Å². The van der Waals surface area contributed by atoms with Gasteiger partial charge in [-0.15, -0.1) is 0 Å².